The van der Waals surface area contributed by atoms with Crippen LogP contribution in [0.2, 0.25) is 0 Å². The quantitative estimate of drug-likeness (QED) is 0.922. The van der Waals surface area contributed by atoms with Gasteiger partial charge in [-0.25, -0.2) is 13.2 Å². The summed E-state index contributed by atoms with van der Waals surface area (Å²) in [5.41, 5.74) is 1.11. The number of hydrogen-bond acceptors (Lipinski definition) is 4. The Morgan fingerprint density at radius 3 is 2.61 bits per heavy atom. The van der Waals surface area contributed by atoms with Crippen molar-refractivity contribution in [3.05, 3.63) is 29.5 Å². The first kappa shape index (κ1) is 12.6. The molecule has 1 N–H and O–H groups in total. The first-order chi connectivity index (χ1) is 8.36. The molecule has 0 aliphatic carbocycles. The molecule has 96 valence electrons. The van der Waals surface area contributed by atoms with Crippen molar-refractivity contribution in [2.75, 3.05) is 5.75 Å². The molecule has 0 saturated carbocycles. The highest BCUT2D eigenvalue weighted by Gasteiger charge is 2.28. The van der Waals surface area contributed by atoms with E-state index in [4.69, 9.17) is 9.52 Å². The van der Waals surface area contributed by atoms with Gasteiger partial charge in [-0.1, -0.05) is 18.6 Å². The third-order valence-electron chi connectivity index (χ3n) is 2.68. The van der Waals surface area contributed by atoms with Crippen LogP contribution in [0.15, 0.2) is 27.5 Å². The number of sulfone groups is 1. The van der Waals surface area contributed by atoms with E-state index in [1.807, 2.05) is 0 Å². The summed E-state index contributed by atoms with van der Waals surface area (Å²) in [5.74, 6) is -2.07. The first-order valence-electron chi connectivity index (χ1n) is 5.36. The van der Waals surface area contributed by atoms with Crippen molar-refractivity contribution >= 4 is 26.8 Å². The fourth-order valence-corrected chi connectivity index (χ4v) is 2.98. The van der Waals surface area contributed by atoms with Gasteiger partial charge < -0.3 is 9.52 Å². The number of benzene rings is 1. The highest BCUT2D eigenvalue weighted by atomic mass is 32.2. The smallest absolute Gasteiger partial charge is 0.373 e. The number of aromatic carboxylic acids is 1. The van der Waals surface area contributed by atoms with Gasteiger partial charge in [0, 0.05) is 5.39 Å². The van der Waals surface area contributed by atoms with Gasteiger partial charge in [0.1, 0.15) is 10.5 Å². The minimum atomic E-state index is -3.65. The maximum absolute atomic E-state index is 12.0. The van der Waals surface area contributed by atoms with Crippen molar-refractivity contribution < 1.29 is 22.7 Å². The van der Waals surface area contributed by atoms with Crippen LogP contribution in [0.4, 0.5) is 0 Å². The zero-order valence-corrected chi connectivity index (χ0v) is 10.7. The average Bonchev–Trinajstić information content (AvgIpc) is 2.68. The number of furan rings is 1. The molecule has 0 atom stereocenters. The number of carboxylic acids is 1. The van der Waals surface area contributed by atoms with Crippen LogP contribution in [-0.4, -0.2) is 25.2 Å². The Bertz CT molecular complexity index is 724. The normalized spacial score (nSPS) is 11.9. The Hall–Kier alpha value is -1.82. The molecule has 0 spiro atoms. The van der Waals surface area contributed by atoms with Gasteiger partial charge in [0.05, 0.1) is 5.75 Å². The van der Waals surface area contributed by atoms with Crippen molar-refractivity contribution in [2.45, 2.75) is 18.7 Å². The van der Waals surface area contributed by atoms with Crippen molar-refractivity contribution in [3.63, 3.8) is 0 Å². The van der Waals surface area contributed by atoms with Gasteiger partial charge in [0.15, 0.2) is 9.84 Å². The predicted octanol–water partition coefficient (Wildman–Crippen LogP) is 2.23. The molecule has 5 nitrogen and oxygen atoms in total. The second-order valence-corrected chi connectivity index (χ2v) is 6.18. The van der Waals surface area contributed by atoms with Crippen LogP contribution in [0.1, 0.15) is 23.0 Å². The Morgan fingerprint density at radius 2 is 2.06 bits per heavy atom. The lowest BCUT2D eigenvalue weighted by molar-refractivity contribution is 0.0659. The summed E-state index contributed by atoms with van der Waals surface area (Å²) in [5, 5.41) is 9.36. The molecule has 1 aromatic heterocycles. The van der Waals surface area contributed by atoms with E-state index in [-0.39, 0.29) is 16.2 Å². The molecule has 0 unspecified atom stereocenters. The molecule has 0 saturated heterocycles. The third kappa shape index (κ3) is 1.88. The maximum Gasteiger partial charge on any atom is 0.373 e. The van der Waals surface area contributed by atoms with Crippen LogP contribution in [0.25, 0.3) is 11.0 Å². The molecule has 1 aromatic carbocycles. The number of hydrogen-bond donors (Lipinski definition) is 1. The van der Waals surface area contributed by atoms with E-state index in [9.17, 15) is 13.2 Å². The Balaban J connectivity index is 2.94. The molecular weight excluding hydrogens is 256 g/mol. The number of aryl methyl sites for hydroxylation is 1. The second kappa shape index (κ2) is 4.13. The first-order valence-corrected chi connectivity index (χ1v) is 7.01. The van der Waals surface area contributed by atoms with Crippen LogP contribution in [0.5, 0.6) is 0 Å². The minimum absolute atomic E-state index is 0.171. The van der Waals surface area contributed by atoms with Gasteiger partial charge in [-0.15, -0.1) is 0 Å². The van der Waals surface area contributed by atoms with E-state index in [0.717, 1.165) is 5.56 Å². The Kier molecular flexibility index (Phi) is 2.90. The average molecular weight is 268 g/mol. The topological polar surface area (TPSA) is 84.6 Å². The number of carbonyl (C=O) groups is 1. The lowest BCUT2D eigenvalue weighted by Gasteiger charge is -2.00. The zero-order chi connectivity index (χ0) is 13.5. The van der Waals surface area contributed by atoms with Crippen molar-refractivity contribution in [1.82, 2.24) is 0 Å². The summed E-state index contributed by atoms with van der Waals surface area (Å²) in [4.78, 5) is 10.9. The minimum Gasteiger partial charge on any atom is -0.475 e. The summed E-state index contributed by atoms with van der Waals surface area (Å²) < 4.78 is 29.1. The molecule has 1 heterocycles. The van der Waals surface area contributed by atoms with Gasteiger partial charge in [-0.2, -0.15) is 0 Å². The summed E-state index contributed by atoms with van der Waals surface area (Å²) in [7, 11) is -3.65. The molecule has 6 heteroatoms. The van der Waals surface area contributed by atoms with Crippen LogP contribution < -0.4 is 0 Å². The van der Waals surface area contributed by atoms with Crippen LogP contribution in [0.3, 0.4) is 0 Å². The molecule has 0 aliphatic heterocycles. The van der Waals surface area contributed by atoms with Crippen molar-refractivity contribution in [1.29, 1.82) is 0 Å². The number of rotatable bonds is 3. The number of carboxylic acid groups (broad SMARTS) is 1. The monoisotopic (exact) mass is 268 g/mol. The van der Waals surface area contributed by atoms with Crippen molar-refractivity contribution in [2.24, 2.45) is 0 Å². The van der Waals surface area contributed by atoms with Crippen molar-refractivity contribution in [3.8, 4) is 0 Å². The largest absolute Gasteiger partial charge is 0.475 e. The molecule has 18 heavy (non-hydrogen) atoms. The summed E-state index contributed by atoms with van der Waals surface area (Å²) in [6.07, 6.45) is 0. The third-order valence-corrected chi connectivity index (χ3v) is 4.47. The SMILES string of the molecule is CCS(=O)(=O)c1c(C(=O)O)oc2ccc(C)cc12. The van der Waals surface area contributed by atoms with E-state index in [0.29, 0.717) is 5.39 Å². The van der Waals surface area contributed by atoms with Crippen LogP contribution in [-0.2, 0) is 9.84 Å². The molecule has 0 fully saturated rings. The molecular formula is C12H12O5S. The van der Waals surface area contributed by atoms with E-state index in [1.165, 1.54) is 6.92 Å². The van der Waals surface area contributed by atoms with Crippen LogP contribution >= 0.6 is 0 Å². The summed E-state index contributed by atoms with van der Waals surface area (Å²) in [6, 6.07) is 4.93. The zero-order valence-electron chi connectivity index (χ0n) is 9.93. The molecule has 0 amide bonds. The lowest BCUT2D eigenvalue weighted by atomic mass is 10.2. The van der Waals surface area contributed by atoms with Crippen LogP contribution in [0, 0.1) is 6.92 Å². The van der Waals surface area contributed by atoms with E-state index >= 15 is 0 Å². The molecule has 2 rings (SSSR count). The van der Waals surface area contributed by atoms with Gasteiger partial charge in [-0.3, -0.25) is 0 Å². The van der Waals surface area contributed by atoms with E-state index in [1.54, 1.807) is 25.1 Å². The lowest BCUT2D eigenvalue weighted by Crippen LogP contribution is -2.08. The molecule has 0 aliphatic rings. The fourth-order valence-electron chi connectivity index (χ4n) is 1.78. The second-order valence-electron chi connectivity index (χ2n) is 3.97. The predicted molar refractivity (Wildman–Crippen MR) is 65.6 cm³/mol. The molecule has 2 aromatic rings. The van der Waals surface area contributed by atoms with E-state index < -0.39 is 21.6 Å². The molecule has 0 radical (unpaired) electrons. The summed E-state index contributed by atoms with van der Waals surface area (Å²) in [6.45, 7) is 3.27. The van der Waals surface area contributed by atoms with Gasteiger partial charge in [-0.05, 0) is 19.1 Å². The summed E-state index contributed by atoms with van der Waals surface area (Å²) >= 11 is 0. The highest BCUT2D eigenvalue weighted by molar-refractivity contribution is 7.91. The van der Waals surface area contributed by atoms with Gasteiger partial charge >= 0.3 is 5.97 Å². The number of fused-ring (bicyclic) bond motifs is 1. The fraction of sp³-hybridized carbons (Fsp3) is 0.250. The van der Waals surface area contributed by atoms with Gasteiger partial charge in [0.2, 0.25) is 5.76 Å². The van der Waals surface area contributed by atoms with E-state index in [2.05, 4.69) is 0 Å². The Morgan fingerprint density at radius 1 is 1.39 bits per heavy atom. The molecule has 0 bridgehead atoms. The standard InChI is InChI=1S/C12H12O5S/c1-3-18(15,16)11-8-6-7(2)4-5-9(8)17-10(11)12(13)14/h4-6H,3H2,1-2H3,(H,13,14). The van der Waals surface area contributed by atoms with Gasteiger partial charge in [0.25, 0.3) is 0 Å². The maximum atomic E-state index is 12.0. The Labute approximate surface area is 104 Å². The highest BCUT2D eigenvalue weighted by Crippen LogP contribution is 2.31.